The van der Waals surface area contributed by atoms with Crippen LogP contribution in [-0.2, 0) is 35.9 Å². The molecule has 0 spiro atoms. The molecule has 1 atom stereocenters. The zero-order valence-electron chi connectivity index (χ0n) is 20.9. The highest BCUT2D eigenvalue weighted by Gasteiger charge is 2.35. The molecular weight excluding hydrogens is 464 g/mol. The Morgan fingerprint density at radius 1 is 1.11 bits per heavy atom. The van der Waals surface area contributed by atoms with Crippen molar-refractivity contribution in [2.24, 2.45) is 0 Å². The van der Waals surface area contributed by atoms with Crippen LogP contribution in [0.5, 0.6) is 0 Å². The molecule has 3 aliphatic rings. The van der Waals surface area contributed by atoms with Crippen LogP contribution in [0.15, 0.2) is 18.5 Å². The van der Waals surface area contributed by atoms with E-state index in [0.717, 1.165) is 63.6 Å². The molecule has 5 rings (SSSR count). The second-order valence-electron chi connectivity index (χ2n) is 10.4. The second kappa shape index (κ2) is 9.46. The van der Waals surface area contributed by atoms with Gasteiger partial charge in [-0.3, -0.25) is 4.68 Å². The van der Waals surface area contributed by atoms with Gasteiger partial charge in [0, 0.05) is 24.5 Å². The van der Waals surface area contributed by atoms with E-state index in [0.29, 0.717) is 12.2 Å². The summed E-state index contributed by atoms with van der Waals surface area (Å²) in [6.45, 7) is 5.50. The van der Waals surface area contributed by atoms with E-state index in [1.54, 1.807) is 17.1 Å². The number of likely N-dealkylation sites (N-methyl/N-ethyl adjacent to an activating group) is 1. The molecule has 2 heterocycles. The lowest BCUT2D eigenvalue weighted by Crippen LogP contribution is -2.54. The fourth-order valence-electron chi connectivity index (χ4n) is 5.87. The van der Waals surface area contributed by atoms with Gasteiger partial charge in [0.1, 0.15) is 0 Å². The maximum atomic E-state index is 13.7. The average molecular weight is 501 g/mol. The van der Waals surface area contributed by atoms with Gasteiger partial charge in [0.25, 0.3) is 0 Å². The number of urea groups is 1. The first-order chi connectivity index (χ1) is 16.7. The number of aromatic nitrogens is 2. The van der Waals surface area contributed by atoms with Gasteiger partial charge in [-0.05, 0) is 101 Å². The minimum atomic E-state index is -4.17. The summed E-state index contributed by atoms with van der Waals surface area (Å²) in [6.07, 6.45) is 10.9. The summed E-state index contributed by atoms with van der Waals surface area (Å²) in [5, 5.41) is 7.31. The van der Waals surface area contributed by atoms with Crippen molar-refractivity contribution in [2.45, 2.75) is 77.3 Å². The highest BCUT2D eigenvalue weighted by molar-refractivity contribution is 7.91. The quantitative estimate of drug-likeness (QED) is 0.633. The molecule has 10 heteroatoms. The number of rotatable bonds is 6. The van der Waals surface area contributed by atoms with E-state index in [9.17, 15) is 13.2 Å². The molecule has 35 heavy (non-hydrogen) atoms. The highest BCUT2D eigenvalue weighted by atomic mass is 32.2. The molecular formula is C25H36N6O3S. The molecule has 2 aromatic rings. The van der Waals surface area contributed by atoms with Crippen molar-refractivity contribution < 1.29 is 13.2 Å². The molecule has 0 saturated carbocycles. The molecule has 1 aromatic carbocycles. The topological polar surface area (TPSA) is 99.6 Å². The molecule has 1 unspecified atom stereocenters. The third kappa shape index (κ3) is 4.78. The zero-order chi connectivity index (χ0) is 24.7. The van der Waals surface area contributed by atoms with Crippen molar-refractivity contribution in [3.05, 3.63) is 40.7 Å². The summed E-state index contributed by atoms with van der Waals surface area (Å²) in [6, 6.07) is 1.40. The van der Waals surface area contributed by atoms with Crippen LogP contribution in [0.3, 0.4) is 0 Å². The number of benzene rings is 1. The molecule has 0 radical (unpaired) electrons. The zero-order valence-corrected chi connectivity index (χ0v) is 21.7. The van der Waals surface area contributed by atoms with E-state index in [1.807, 2.05) is 20.9 Å². The van der Waals surface area contributed by atoms with Gasteiger partial charge in [-0.15, -0.1) is 0 Å². The lowest BCUT2D eigenvalue weighted by molar-refractivity contribution is 0.251. The van der Waals surface area contributed by atoms with Crippen LogP contribution < -0.4 is 14.3 Å². The van der Waals surface area contributed by atoms with Crippen molar-refractivity contribution in [2.75, 3.05) is 29.8 Å². The lowest BCUT2D eigenvalue weighted by Gasteiger charge is -2.37. The second-order valence-corrected chi connectivity index (χ2v) is 12.0. The van der Waals surface area contributed by atoms with Crippen molar-refractivity contribution in [3.63, 3.8) is 0 Å². The molecule has 9 nitrogen and oxygen atoms in total. The number of nitrogens with one attached hydrogen (secondary N) is 2. The van der Waals surface area contributed by atoms with E-state index in [2.05, 4.69) is 26.1 Å². The van der Waals surface area contributed by atoms with E-state index >= 15 is 0 Å². The Balaban J connectivity index is 1.42. The van der Waals surface area contributed by atoms with E-state index < -0.39 is 16.2 Å². The Hall–Kier alpha value is -2.59. The normalized spacial score (nSPS) is 20.1. The summed E-state index contributed by atoms with van der Waals surface area (Å²) < 4.78 is 32.8. The van der Waals surface area contributed by atoms with Gasteiger partial charge in [-0.1, -0.05) is 6.07 Å². The largest absolute Gasteiger partial charge is 0.334 e. The third-order valence-electron chi connectivity index (χ3n) is 7.49. The number of likely N-dealkylation sites (tertiary alicyclic amines) is 1. The molecule has 0 bridgehead atoms. The van der Waals surface area contributed by atoms with Gasteiger partial charge in [-0.25, -0.2) is 13.8 Å². The number of hydrogen-bond acceptors (Lipinski definition) is 5. The van der Waals surface area contributed by atoms with Crippen LogP contribution in [-0.4, -0.2) is 55.3 Å². The minimum Gasteiger partial charge on any atom is -0.307 e. The first-order valence-electron chi connectivity index (χ1n) is 12.8. The van der Waals surface area contributed by atoms with Gasteiger partial charge in [0.15, 0.2) is 0 Å². The van der Waals surface area contributed by atoms with Gasteiger partial charge in [0.05, 0.1) is 17.9 Å². The summed E-state index contributed by atoms with van der Waals surface area (Å²) in [7, 11) is -2.18. The number of fused-ring (bicyclic) bond motifs is 2. The molecule has 2 N–H and O–H groups in total. The number of carbonyl (C=O) groups excluding carboxylic acids is 1. The number of amides is 2. The maximum Gasteiger partial charge on any atom is 0.334 e. The highest BCUT2D eigenvalue weighted by Crippen LogP contribution is 2.38. The predicted molar refractivity (Wildman–Crippen MR) is 137 cm³/mol. The van der Waals surface area contributed by atoms with Crippen LogP contribution in [0, 0.1) is 0 Å². The number of nitrogens with zero attached hydrogens (tertiary/aromatic N) is 4. The monoisotopic (exact) mass is 500 g/mol. The standard InChI is InChI=1S/C25H36N6O3S/c1-17(2)30-16-21(14-26-30)31(20-9-6-12-29(3)15-20)35(33,34)28-25(32)27-24-22-10-4-7-18(22)13-19-8-5-11-23(19)24/h13-14,16-17,20H,4-12,15H2,1-3H3,(H2,27,28,32). The van der Waals surface area contributed by atoms with Gasteiger partial charge in [0.2, 0.25) is 0 Å². The summed E-state index contributed by atoms with van der Waals surface area (Å²) in [4.78, 5) is 15.3. The van der Waals surface area contributed by atoms with Crippen LogP contribution >= 0.6 is 0 Å². The first kappa shape index (κ1) is 24.1. The van der Waals surface area contributed by atoms with Crippen LogP contribution in [0.1, 0.15) is 67.8 Å². The fraction of sp³-hybridized carbons (Fsp3) is 0.600. The molecule has 1 fully saturated rings. The van der Waals surface area contributed by atoms with Gasteiger partial charge in [-0.2, -0.15) is 13.5 Å². The molecule has 1 aliphatic heterocycles. The number of anilines is 2. The van der Waals surface area contributed by atoms with Gasteiger partial charge >= 0.3 is 16.2 Å². The van der Waals surface area contributed by atoms with Crippen molar-refractivity contribution in [3.8, 4) is 0 Å². The van der Waals surface area contributed by atoms with E-state index in [4.69, 9.17) is 0 Å². The fourth-order valence-corrected chi connectivity index (χ4v) is 7.19. The Bertz CT molecular complexity index is 1190. The van der Waals surface area contributed by atoms with E-state index in [-0.39, 0.29) is 12.1 Å². The SMILES string of the molecule is CC(C)n1cc(N(C2CCCN(C)C2)S(=O)(=O)NC(=O)Nc2c3c(cc4c2CCC4)CCC3)cn1. The molecule has 190 valence electrons. The summed E-state index contributed by atoms with van der Waals surface area (Å²) >= 11 is 0. The lowest BCUT2D eigenvalue weighted by atomic mass is 9.99. The third-order valence-corrected chi connectivity index (χ3v) is 8.97. The molecule has 1 aromatic heterocycles. The first-order valence-corrected chi connectivity index (χ1v) is 14.2. The van der Waals surface area contributed by atoms with Crippen molar-refractivity contribution in [1.82, 2.24) is 19.4 Å². The number of piperidine rings is 1. The van der Waals surface area contributed by atoms with Gasteiger partial charge < -0.3 is 10.2 Å². The van der Waals surface area contributed by atoms with Crippen LogP contribution in [0.2, 0.25) is 0 Å². The van der Waals surface area contributed by atoms with Crippen LogP contribution in [0.4, 0.5) is 16.2 Å². The minimum absolute atomic E-state index is 0.0980. The number of carbonyl (C=O) groups is 1. The average Bonchev–Trinajstić information content (AvgIpc) is 3.53. The molecule has 1 saturated heterocycles. The number of aryl methyl sites for hydroxylation is 2. The predicted octanol–water partition coefficient (Wildman–Crippen LogP) is 3.41. The van der Waals surface area contributed by atoms with Crippen molar-refractivity contribution >= 4 is 27.6 Å². The smallest absolute Gasteiger partial charge is 0.307 e. The van der Waals surface area contributed by atoms with Crippen LogP contribution in [0.25, 0.3) is 0 Å². The maximum absolute atomic E-state index is 13.7. The Morgan fingerprint density at radius 2 is 1.80 bits per heavy atom. The summed E-state index contributed by atoms with van der Waals surface area (Å²) in [5.74, 6) is 0. The van der Waals surface area contributed by atoms with E-state index in [1.165, 1.54) is 26.6 Å². The molecule has 2 aliphatic carbocycles. The molecule has 2 amide bonds. The van der Waals surface area contributed by atoms with Crippen molar-refractivity contribution in [1.29, 1.82) is 0 Å². The Labute approximate surface area is 208 Å². The Kier molecular flexibility index (Phi) is 6.52. The Morgan fingerprint density at radius 3 is 2.40 bits per heavy atom. The summed E-state index contributed by atoms with van der Waals surface area (Å²) in [5.41, 5.74) is 6.22. The number of hydrogen-bond donors (Lipinski definition) is 2.